The zero-order valence-corrected chi connectivity index (χ0v) is 10.9. The van der Waals surface area contributed by atoms with Gasteiger partial charge in [-0.2, -0.15) is 0 Å². The van der Waals surface area contributed by atoms with Gasteiger partial charge < -0.3 is 5.32 Å². The second-order valence-corrected chi connectivity index (χ2v) is 5.04. The normalized spacial score (nSPS) is 12.8. The predicted molar refractivity (Wildman–Crippen MR) is 69.8 cm³/mol. The molecule has 0 fully saturated rings. The van der Waals surface area contributed by atoms with Gasteiger partial charge in [0.15, 0.2) is 0 Å². The molecule has 0 saturated heterocycles. The van der Waals surface area contributed by atoms with Gasteiger partial charge in [-0.25, -0.2) is 0 Å². The largest absolute Gasteiger partial charge is 0.316 e. The standard InChI is InChI=1S/C13H21NS/c1-5-12(14-4)9-15-13-7-6-10(2)8-11(13)3/h6-8,12,14H,5,9H2,1-4H3. The SMILES string of the molecule is CCC(CSc1ccc(C)cc1C)NC. The quantitative estimate of drug-likeness (QED) is 0.768. The van der Waals surface area contributed by atoms with E-state index in [0.29, 0.717) is 6.04 Å². The summed E-state index contributed by atoms with van der Waals surface area (Å²) in [6.07, 6.45) is 1.19. The van der Waals surface area contributed by atoms with Crippen molar-refractivity contribution in [1.82, 2.24) is 5.32 Å². The molecule has 1 unspecified atom stereocenters. The van der Waals surface area contributed by atoms with Crippen LogP contribution in [0.25, 0.3) is 0 Å². The van der Waals surface area contributed by atoms with E-state index in [1.165, 1.54) is 22.4 Å². The van der Waals surface area contributed by atoms with Crippen molar-refractivity contribution in [2.45, 2.75) is 38.1 Å². The molecule has 1 rings (SSSR count). The summed E-state index contributed by atoms with van der Waals surface area (Å²) in [6, 6.07) is 7.30. The highest BCUT2D eigenvalue weighted by molar-refractivity contribution is 7.99. The predicted octanol–water partition coefficient (Wildman–Crippen LogP) is 3.39. The molecule has 0 heterocycles. The second kappa shape index (κ2) is 6.19. The number of benzene rings is 1. The van der Waals surface area contributed by atoms with Gasteiger partial charge in [-0.3, -0.25) is 0 Å². The van der Waals surface area contributed by atoms with Crippen LogP contribution in [0, 0.1) is 13.8 Å². The lowest BCUT2D eigenvalue weighted by Crippen LogP contribution is -2.26. The summed E-state index contributed by atoms with van der Waals surface area (Å²) >= 11 is 1.95. The number of hydrogen-bond acceptors (Lipinski definition) is 2. The van der Waals surface area contributed by atoms with E-state index in [9.17, 15) is 0 Å². The molecule has 0 aliphatic carbocycles. The van der Waals surface area contributed by atoms with E-state index in [2.05, 4.69) is 44.3 Å². The van der Waals surface area contributed by atoms with Crippen molar-refractivity contribution in [3.63, 3.8) is 0 Å². The Morgan fingerprint density at radius 3 is 2.60 bits per heavy atom. The fourth-order valence-electron chi connectivity index (χ4n) is 1.56. The van der Waals surface area contributed by atoms with E-state index in [1.807, 2.05) is 18.8 Å². The summed E-state index contributed by atoms with van der Waals surface area (Å²) in [6.45, 7) is 6.56. The summed E-state index contributed by atoms with van der Waals surface area (Å²) in [5, 5.41) is 3.33. The zero-order chi connectivity index (χ0) is 11.3. The molecule has 0 aliphatic heterocycles. The van der Waals surface area contributed by atoms with E-state index >= 15 is 0 Å². The van der Waals surface area contributed by atoms with Crippen molar-refractivity contribution in [3.05, 3.63) is 29.3 Å². The van der Waals surface area contributed by atoms with E-state index < -0.39 is 0 Å². The number of hydrogen-bond donors (Lipinski definition) is 1. The van der Waals surface area contributed by atoms with Crippen molar-refractivity contribution in [3.8, 4) is 0 Å². The van der Waals surface area contributed by atoms with E-state index in [4.69, 9.17) is 0 Å². The Bertz CT molecular complexity index is 305. The Morgan fingerprint density at radius 1 is 1.33 bits per heavy atom. The van der Waals surface area contributed by atoms with Gasteiger partial charge in [-0.15, -0.1) is 11.8 Å². The highest BCUT2D eigenvalue weighted by Gasteiger charge is 2.05. The molecule has 0 saturated carbocycles. The second-order valence-electron chi connectivity index (χ2n) is 3.97. The van der Waals surface area contributed by atoms with Gasteiger partial charge in [0.2, 0.25) is 0 Å². The van der Waals surface area contributed by atoms with E-state index in [1.54, 1.807) is 0 Å². The van der Waals surface area contributed by atoms with Gasteiger partial charge in [0.25, 0.3) is 0 Å². The Labute approximate surface area is 97.7 Å². The first-order chi connectivity index (χ1) is 7.17. The van der Waals surface area contributed by atoms with Crippen molar-refractivity contribution in [2.75, 3.05) is 12.8 Å². The minimum atomic E-state index is 0.621. The van der Waals surface area contributed by atoms with Gasteiger partial charge in [-0.1, -0.05) is 24.6 Å². The Kier molecular flexibility index (Phi) is 5.20. The van der Waals surface area contributed by atoms with Crippen molar-refractivity contribution < 1.29 is 0 Å². The third-order valence-electron chi connectivity index (χ3n) is 2.67. The molecule has 2 heteroatoms. The van der Waals surface area contributed by atoms with Crippen LogP contribution in [-0.4, -0.2) is 18.8 Å². The molecule has 15 heavy (non-hydrogen) atoms. The molecule has 0 radical (unpaired) electrons. The topological polar surface area (TPSA) is 12.0 Å². The van der Waals surface area contributed by atoms with Gasteiger partial charge in [0.05, 0.1) is 0 Å². The molecule has 1 N–H and O–H groups in total. The average molecular weight is 223 g/mol. The number of aryl methyl sites for hydroxylation is 2. The van der Waals surface area contributed by atoms with Crippen molar-refractivity contribution in [2.24, 2.45) is 0 Å². The Balaban J connectivity index is 2.57. The van der Waals surface area contributed by atoms with Crippen molar-refractivity contribution >= 4 is 11.8 Å². The molecule has 1 aromatic carbocycles. The summed E-state index contributed by atoms with van der Waals surface area (Å²) in [5.74, 6) is 1.15. The summed E-state index contributed by atoms with van der Waals surface area (Å²) in [5.41, 5.74) is 2.74. The van der Waals surface area contributed by atoms with Crippen LogP contribution in [0.3, 0.4) is 0 Å². The van der Waals surface area contributed by atoms with Crippen LogP contribution < -0.4 is 5.32 Å². The smallest absolute Gasteiger partial charge is 0.0156 e. The van der Waals surface area contributed by atoms with E-state index in [0.717, 1.165) is 5.75 Å². The first kappa shape index (κ1) is 12.6. The Hall–Kier alpha value is -0.470. The summed E-state index contributed by atoms with van der Waals surface area (Å²) in [7, 11) is 2.04. The van der Waals surface area contributed by atoms with Crippen LogP contribution in [0.2, 0.25) is 0 Å². The molecular weight excluding hydrogens is 202 g/mol. The van der Waals surface area contributed by atoms with Crippen molar-refractivity contribution in [1.29, 1.82) is 0 Å². The molecule has 0 amide bonds. The fraction of sp³-hybridized carbons (Fsp3) is 0.538. The molecule has 1 nitrogen and oxygen atoms in total. The maximum atomic E-state index is 3.33. The molecule has 84 valence electrons. The third-order valence-corrected chi connectivity index (χ3v) is 4.01. The van der Waals surface area contributed by atoms with Crippen LogP contribution in [0.15, 0.2) is 23.1 Å². The number of thioether (sulfide) groups is 1. The lowest BCUT2D eigenvalue weighted by Gasteiger charge is -2.14. The van der Waals surface area contributed by atoms with Gasteiger partial charge in [-0.05, 0) is 38.9 Å². The summed E-state index contributed by atoms with van der Waals surface area (Å²) < 4.78 is 0. The molecule has 0 aliphatic rings. The molecule has 0 aromatic heterocycles. The van der Waals surface area contributed by atoms with Crippen LogP contribution in [0.1, 0.15) is 24.5 Å². The molecule has 1 aromatic rings. The highest BCUT2D eigenvalue weighted by atomic mass is 32.2. The van der Waals surface area contributed by atoms with Gasteiger partial charge in [0.1, 0.15) is 0 Å². The minimum Gasteiger partial charge on any atom is -0.316 e. The average Bonchev–Trinajstić information content (AvgIpc) is 2.22. The minimum absolute atomic E-state index is 0.621. The molecule has 0 spiro atoms. The first-order valence-electron chi connectivity index (χ1n) is 5.54. The van der Waals surface area contributed by atoms with Crippen LogP contribution in [-0.2, 0) is 0 Å². The first-order valence-corrected chi connectivity index (χ1v) is 6.53. The van der Waals surface area contributed by atoms with Gasteiger partial charge >= 0.3 is 0 Å². The fourth-order valence-corrected chi connectivity index (χ4v) is 2.79. The van der Waals surface area contributed by atoms with Crippen LogP contribution >= 0.6 is 11.8 Å². The number of nitrogens with one attached hydrogen (secondary N) is 1. The molecule has 0 bridgehead atoms. The maximum Gasteiger partial charge on any atom is 0.0156 e. The Morgan fingerprint density at radius 2 is 2.07 bits per heavy atom. The van der Waals surface area contributed by atoms with Crippen LogP contribution in [0.5, 0.6) is 0 Å². The van der Waals surface area contributed by atoms with Gasteiger partial charge in [0, 0.05) is 16.7 Å². The lowest BCUT2D eigenvalue weighted by molar-refractivity contribution is 0.602. The highest BCUT2D eigenvalue weighted by Crippen LogP contribution is 2.24. The van der Waals surface area contributed by atoms with E-state index in [-0.39, 0.29) is 0 Å². The molecule has 1 atom stereocenters. The number of rotatable bonds is 5. The lowest BCUT2D eigenvalue weighted by atomic mass is 10.2. The monoisotopic (exact) mass is 223 g/mol. The third kappa shape index (κ3) is 3.88. The molecular formula is C13H21NS. The zero-order valence-electron chi connectivity index (χ0n) is 10.1. The maximum absolute atomic E-state index is 3.33. The van der Waals surface area contributed by atoms with Crippen LogP contribution in [0.4, 0.5) is 0 Å². The summed E-state index contributed by atoms with van der Waals surface area (Å²) in [4.78, 5) is 1.41.